The number of aromatic hydroxyl groups is 1. The van der Waals surface area contributed by atoms with Crippen LogP contribution in [0.2, 0.25) is 0 Å². The van der Waals surface area contributed by atoms with Crippen LogP contribution in [0.1, 0.15) is 82.2 Å². The summed E-state index contributed by atoms with van der Waals surface area (Å²) in [5, 5.41) is 15.5. The van der Waals surface area contributed by atoms with Gasteiger partial charge in [0, 0.05) is 19.5 Å². The quantitative estimate of drug-likeness (QED) is 0.316. The van der Waals surface area contributed by atoms with Crippen molar-refractivity contribution in [1.29, 1.82) is 0 Å². The van der Waals surface area contributed by atoms with Crippen LogP contribution in [-0.4, -0.2) is 52.6 Å². The Bertz CT molecular complexity index is 1110. The Morgan fingerprint density at radius 3 is 2.21 bits per heavy atom. The molecule has 2 aromatic carbocycles. The number of carbonyl (C=O) groups excluding carboxylic acids is 3. The summed E-state index contributed by atoms with van der Waals surface area (Å²) in [4.78, 5) is 42.2. The predicted molar refractivity (Wildman–Crippen MR) is 154 cm³/mol. The van der Waals surface area contributed by atoms with E-state index in [9.17, 15) is 19.5 Å². The minimum atomic E-state index is -0.992. The normalized spacial score (nSPS) is 12.8. The molecule has 2 unspecified atom stereocenters. The molecule has 0 aliphatic heterocycles. The molecule has 8 nitrogen and oxygen atoms in total. The number of benzene rings is 2. The molecule has 0 saturated heterocycles. The Morgan fingerprint density at radius 2 is 1.64 bits per heavy atom. The third-order valence-corrected chi connectivity index (χ3v) is 6.35. The number of phenolic OH excluding ortho intramolecular Hbond substituents is 1. The Labute approximate surface area is 233 Å². The van der Waals surface area contributed by atoms with Gasteiger partial charge in [0.1, 0.15) is 23.4 Å². The zero-order valence-electron chi connectivity index (χ0n) is 24.5. The molecule has 0 saturated carbocycles. The molecule has 2 atom stereocenters. The van der Waals surface area contributed by atoms with E-state index in [1.54, 1.807) is 37.8 Å². The smallest absolute Gasteiger partial charge is 0.408 e. The fourth-order valence-electron chi connectivity index (χ4n) is 4.22. The molecule has 0 aliphatic rings. The van der Waals surface area contributed by atoms with Crippen LogP contribution in [0.5, 0.6) is 5.75 Å². The van der Waals surface area contributed by atoms with Crippen LogP contribution in [-0.2, 0) is 20.7 Å². The largest absolute Gasteiger partial charge is 0.508 e. The number of aryl methyl sites for hydroxylation is 2. The first kappa shape index (κ1) is 31.7. The second-order valence-corrected chi connectivity index (χ2v) is 11.0. The highest BCUT2D eigenvalue weighted by Gasteiger charge is 2.36. The molecule has 0 radical (unpaired) electrons. The first-order chi connectivity index (χ1) is 18.4. The van der Waals surface area contributed by atoms with E-state index in [1.807, 2.05) is 39.0 Å². The van der Waals surface area contributed by atoms with Crippen LogP contribution in [0, 0.1) is 13.8 Å². The van der Waals surface area contributed by atoms with Gasteiger partial charge in [0.15, 0.2) is 0 Å². The molecule has 2 rings (SSSR count). The summed E-state index contributed by atoms with van der Waals surface area (Å²) >= 11 is 0. The van der Waals surface area contributed by atoms with Crippen molar-refractivity contribution in [2.24, 2.45) is 0 Å². The Kier molecular flexibility index (Phi) is 11.8. The maximum absolute atomic E-state index is 14.2. The van der Waals surface area contributed by atoms with Gasteiger partial charge < -0.3 is 25.4 Å². The lowest BCUT2D eigenvalue weighted by atomic mass is 9.97. The van der Waals surface area contributed by atoms with Crippen LogP contribution in [0.15, 0.2) is 42.5 Å². The summed E-state index contributed by atoms with van der Waals surface area (Å²) in [6.07, 6.45) is 1.83. The number of alkyl carbamates (subject to hydrolysis) is 1. The minimum absolute atomic E-state index is 0.105. The van der Waals surface area contributed by atoms with Crippen molar-refractivity contribution < 1.29 is 24.2 Å². The molecular formula is C31H45N3O5. The maximum atomic E-state index is 14.2. The third kappa shape index (κ3) is 9.93. The van der Waals surface area contributed by atoms with Crippen molar-refractivity contribution in [2.75, 3.05) is 13.1 Å². The number of phenols is 1. The highest BCUT2D eigenvalue weighted by Crippen LogP contribution is 2.26. The van der Waals surface area contributed by atoms with E-state index >= 15 is 0 Å². The second-order valence-electron chi connectivity index (χ2n) is 11.0. The van der Waals surface area contributed by atoms with Gasteiger partial charge >= 0.3 is 6.09 Å². The maximum Gasteiger partial charge on any atom is 0.408 e. The fourth-order valence-corrected chi connectivity index (χ4v) is 4.22. The number of amides is 3. The van der Waals surface area contributed by atoms with Crippen molar-refractivity contribution in [3.05, 3.63) is 64.7 Å². The number of nitrogens with one attached hydrogen (secondary N) is 2. The van der Waals surface area contributed by atoms with Crippen LogP contribution >= 0.6 is 0 Å². The Balaban J connectivity index is 2.52. The molecule has 0 fully saturated rings. The number of carbonyl (C=O) groups is 3. The van der Waals surface area contributed by atoms with E-state index < -0.39 is 23.8 Å². The molecule has 0 bridgehead atoms. The van der Waals surface area contributed by atoms with E-state index in [0.717, 1.165) is 35.1 Å². The zero-order valence-corrected chi connectivity index (χ0v) is 24.5. The topological polar surface area (TPSA) is 108 Å². The van der Waals surface area contributed by atoms with Gasteiger partial charge in [0.2, 0.25) is 11.8 Å². The van der Waals surface area contributed by atoms with Gasteiger partial charge in [-0.1, -0.05) is 50.6 Å². The molecule has 39 heavy (non-hydrogen) atoms. The lowest BCUT2D eigenvalue weighted by Crippen LogP contribution is -2.54. The molecule has 3 N–H and O–H groups in total. The average molecular weight is 540 g/mol. The van der Waals surface area contributed by atoms with E-state index in [4.69, 9.17) is 4.74 Å². The van der Waals surface area contributed by atoms with E-state index in [-0.39, 0.29) is 24.0 Å². The first-order valence-corrected chi connectivity index (χ1v) is 13.8. The van der Waals surface area contributed by atoms with Crippen molar-refractivity contribution >= 4 is 17.9 Å². The predicted octanol–water partition coefficient (Wildman–Crippen LogP) is 5.34. The van der Waals surface area contributed by atoms with Gasteiger partial charge in [0.05, 0.1) is 0 Å². The molecule has 214 valence electrons. The number of ether oxygens (including phenoxy) is 1. The first-order valence-electron chi connectivity index (χ1n) is 13.8. The molecule has 0 spiro atoms. The zero-order chi connectivity index (χ0) is 29.2. The van der Waals surface area contributed by atoms with Crippen LogP contribution in [0.3, 0.4) is 0 Å². The van der Waals surface area contributed by atoms with E-state index in [2.05, 4.69) is 17.6 Å². The lowest BCUT2D eigenvalue weighted by molar-refractivity contribution is -0.142. The summed E-state index contributed by atoms with van der Waals surface area (Å²) in [5.74, 6) is -0.535. The molecule has 3 amide bonds. The van der Waals surface area contributed by atoms with Crippen LogP contribution in [0.4, 0.5) is 4.79 Å². The summed E-state index contributed by atoms with van der Waals surface area (Å²) in [5.41, 5.74) is 2.83. The molecule has 8 heteroatoms. The van der Waals surface area contributed by atoms with Crippen molar-refractivity contribution in [3.8, 4) is 5.75 Å². The van der Waals surface area contributed by atoms with Gasteiger partial charge in [-0.2, -0.15) is 0 Å². The van der Waals surface area contributed by atoms with Gasteiger partial charge in [-0.25, -0.2) is 4.79 Å². The van der Waals surface area contributed by atoms with Gasteiger partial charge in [0.25, 0.3) is 0 Å². The highest BCUT2D eigenvalue weighted by molar-refractivity contribution is 5.92. The Morgan fingerprint density at radius 1 is 0.974 bits per heavy atom. The van der Waals surface area contributed by atoms with E-state index in [1.165, 1.54) is 12.1 Å². The molecule has 0 aromatic heterocycles. The number of hydrogen-bond acceptors (Lipinski definition) is 5. The van der Waals surface area contributed by atoms with Gasteiger partial charge in [-0.3, -0.25) is 9.59 Å². The SMILES string of the molecule is CCCCNC(=O)C(c1ccc(C)c(C)c1)N(CCC)C(=O)C(Cc1ccc(O)cc1)NC(=O)OC(C)(C)C. The lowest BCUT2D eigenvalue weighted by Gasteiger charge is -2.34. The number of hydrogen-bond donors (Lipinski definition) is 3. The fraction of sp³-hybridized carbons (Fsp3) is 0.516. The van der Waals surface area contributed by atoms with Crippen molar-refractivity contribution in [1.82, 2.24) is 15.5 Å². The minimum Gasteiger partial charge on any atom is -0.508 e. The van der Waals surface area contributed by atoms with Crippen molar-refractivity contribution in [2.45, 2.75) is 91.8 Å². The van der Waals surface area contributed by atoms with Crippen LogP contribution < -0.4 is 10.6 Å². The summed E-state index contributed by atoms with van der Waals surface area (Å²) in [6.45, 7) is 14.1. The number of unbranched alkanes of at least 4 members (excludes halogenated alkanes) is 1. The third-order valence-electron chi connectivity index (χ3n) is 6.35. The van der Waals surface area contributed by atoms with Gasteiger partial charge in [-0.15, -0.1) is 0 Å². The standard InChI is InChI=1S/C31H45N3O5/c1-8-10-17-32-28(36)27(24-14-11-21(3)22(4)19-24)34(18-9-2)29(37)26(33-30(38)39-31(5,6)7)20-23-12-15-25(35)16-13-23/h11-16,19,26-27,35H,8-10,17-18,20H2,1-7H3,(H,32,36)(H,33,38). The number of nitrogens with zero attached hydrogens (tertiary/aromatic N) is 1. The highest BCUT2D eigenvalue weighted by atomic mass is 16.6. The number of rotatable bonds is 12. The molecule has 0 aliphatic carbocycles. The van der Waals surface area contributed by atoms with Crippen molar-refractivity contribution in [3.63, 3.8) is 0 Å². The van der Waals surface area contributed by atoms with Crippen LogP contribution in [0.25, 0.3) is 0 Å². The Hall–Kier alpha value is -3.55. The summed E-state index contributed by atoms with van der Waals surface area (Å²) in [7, 11) is 0. The van der Waals surface area contributed by atoms with Gasteiger partial charge in [-0.05, 0) is 81.8 Å². The summed E-state index contributed by atoms with van der Waals surface area (Å²) in [6, 6.07) is 10.4. The monoisotopic (exact) mass is 539 g/mol. The molecular weight excluding hydrogens is 494 g/mol. The average Bonchev–Trinajstić information content (AvgIpc) is 2.85. The van der Waals surface area contributed by atoms with E-state index in [0.29, 0.717) is 19.5 Å². The molecule has 2 aromatic rings. The summed E-state index contributed by atoms with van der Waals surface area (Å²) < 4.78 is 5.46. The molecule has 0 heterocycles. The second kappa shape index (κ2) is 14.6.